The maximum Gasteiger partial charge on any atom is 0.175 e. The molecule has 128 valence electrons. The molecule has 0 saturated heterocycles. The molecule has 4 rings (SSSR count). The lowest BCUT2D eigenvalue weighted by molar-refractivity contribution is 0.297. The van der Waals surface area contributed by atoms with Gasteiger partial charge in [-0.05, 0) is 42.8 Å². The van der Waals surface area contributed by atoms with Crippen LogP contribution in [0.4, 0.5) is 5.82 Å². The highest BCUT2D eigenvalue weighted by atomic mass is 16.5. The number of rotatable bonds is 4. The van der Waals surface area contributed by atoms with Gasteiger partial charge in [0, 0.05) is 19.2 Å². The lowest BCUT2D eigenvalue weighted by Crippen LogP contribution is -2.05. The minimum Gasteiger partial charge on any atom is -0.490 e. The van der Waals surface area contributed by atoms with Gasteiger partial charge >= 0.3 is 0 Å². The quantitative estimate of drug-likeness (QED) is 0.789. The van der Waals surface area contributed by atoms with E-state index in [1.54, 1.807) is 4.68 Å². The average molecular weight is 337 g/mol. The van der Waals surface area contributed by atoms with Crippen LogP contribution in [0.15, 0.2) is 42.6 Å². The zero-order chi connectivity index (χ0) is 17.1. The number of anilines is 1. The predicted octanol–water partition coefficient (Wildman–Crippen LogP) is 2.74. The number of nitrogens with zero attached hydrogens (tertiary/aromatic N) is 4. The van der Waals surface area contributed by atoms with Crippen molar-refractivity contribution in [3.05, 3.63) is 53.9 Å². The Bertz CT molecular complexity index is 860. The monoisotopic (exact) mass is 337 g/mol. The number of fused-ring (bicyclic) bond motifs is 1. The van der Waals surface area contributed by atoms with Gasteiger partial charge < -0.3 is 14.8 Å². The predicted molar refractivity (Wildman–Crippen MR) is 93.3 cm³/mol. The molecular formula is C18H19N5O2. The Labute approximate surface area is 145 Å². The minimum absolute atomic E-state index is 0.631. The second-order valence-corrected chi connectivity index (χ2v) is 5.86. The van der Waals surface area contributed by atoms with Crippen molar-refractivity contribution in [2.75, 3.05) is 18.5 Å². The Balaban J connectivity index is 1.42. The van der Waals surface area contributed by atoms with Crippen LogP contribution in [0, 0.1) is 6.92 Å². The first-order chi connectivity index (χ1) is 12.3. The van der Waals surface area contributed by atoms with E-state index in [1.165, 1.54) is 0 Å². The molecule has 3 heterocycles. The summed E-state index contributed by atoms with van der Waals surface area (Å²) in [7, 11) is 0. The van der Waals surface area contributed by atoms with Crippen LogP contribution in [-0.4, -0.2) is 33.2 Å². The molecule has 7 nitrogen and oxygen atoms in total. The number of aryl methyl sites for hydroxylation is 1. The summed E-state index contributed by atoms with van der Waals surface area (Å²) in [4.78, 5) is 0. The Morgan fingerprint density at radius 3 is 2.68 bits per heavy atom. The molecule has 0 bridgehead atoms. The van der Waals surface area contributed by atoms with Crippen molar-refractivity contribution in [2.24, 2.45) is 0 Å². The maximum atomic E-state index is 5.72. The molecule has 1 aliphatic rings. The molecule has 0 radical (unpaired) electrons. The van der Waals surface area contributed by atoms with Crippen molar-refractivity contribution in [3.8, 4) is 17.3 Å². The largest absolute Gasteiger partial charge is 0.490 e. The van der Waals surface area contributed by atoms with Crippen LogP contribution in [0.1, 0.15) is 17.7 Å². The molecule has 0 saturated carbocycles. The fraction of sp³-hybridized carbons (Fsp3) is 0.278. The molecule has 0 amide bonds. The zero-order valence-electron chi connectivity index (χ0n) is 14.0. The lowest BCUT2D eigenvalue weighted by Gasteiger charge is -2.10. The summed E-state index contributed by atoms with van der Waals surface area (Å²) in [5, 5.41) is 16.0. The molecule has 0 atom stereocenters. The number of hydrogen-bond donors (Lipinski definition) is 1. The number of hydrogen-bond acceptors (Lipinski definition) is 6. The maximum absolute atomic E-state index is 5.72. The Morgan fingerprint density at radius 2 is 1.92 bits per heavy atom. The summed E-state index contributed by atoms with van der Waals surface area (Å²) < 4.78 is 13.1. The smallest absolute Gasteiger partial charge is 0.175 e. The second kappa shape index (κ2) is 6.80. The molecule has 25 heavy (non-hydrogen) atoms. The van der Waals surface area contributed by atoms with Crippen molar-refractivity contribution in [1.29, 1.82) is 0 Å². The normalized spacial score (nSPS) is 13.3. The van der Waals surface area contributed by atoms with Crippen LogP contribution in [0.2, 0.25) is 0 Å². The molecule has 1 aromatic carbocycles. The molecule has 0 fully saturated rings. The number of benzene rings is 1. The summed E-state index contributed by atoms with van der Waals surface area (Å²) in [5.41, 5.74) is 2.04. The van der Waals surface area contributed by atoms with E-state index in [0.717, 1.165) is 29.2 Å². The third-order valence-electron chi connectivity index (χ3n) is 3.89. The molecule has 2 aromatic heterocycles. The van der Waals surface area contributed by atoms with Gasteiger partial charge in [0.2, 0.25) is 0 Å². The molecule has 0 unspecified atom stereocenters. The summed E-state index contributed by atoms with van der Waals surface area (Å²) in [5.74, 6) is 3.00. The van der Waals surface area contributed by atoms with E-state index in [4.69, 9.17) is 9.47 Å². The van der Waals surface area contributed by atoms with Crippen LogP contribution < -0.4 is 14.8 Å². The second-order valence-electron chi connectivity index (χ2n) is 5.86. The highest BCUT2D eigenvalue weighted by Gasteiger charge is 2.10. The summed E-state index contributed by atoms with van der Waals surface area (Å²) in [6, 6.07) is 11.7. The molecule has 0 spiro atoms. The van der Waals surface area contributed by atoms with Crippen molar-refractivity contribution < 1.29 is 9.47 Å². The summed E-state index contributed by atoms with van der Waals surface area (Å²) in [6.45, 7) is 3.95. The number of ether oxygens (including phenoxy) is 2. The van der Waals surface area contributed by atoms with Gasteiger partial charge in [-0.25, -0.2) is 4.68 Å². The zero-order valence-corrected chi connectivity index (χ0v) is 14.0. The topological polar surface area (TPSA) is 74.1 Å². The lowest BCUT2D eigenvalue weighted by atomic mass is 10.2. The molecular weight excluding hydrogens is 318 g/mol. The van der Waals surface area contributed by atoms with E-state index >= 15 is 0 Å². The first-order valence-corrected chi connectivity index (χ1v) is 8.27. The Kier molecular flexibility index (Phi) is 4.20. The molecule has 0 aliphatic carbocycles. The van der Waals surface area contributed by atoms with Gasteiger partial charge in [0.1, 0.15) is 5.82 Å². The third-order valence-corrected chi connectivity index (χ3v) is 3.89. The average Bonchev–Trinajstić information content (AvgIpc) is 2.94. The Morgan fingerprint density at radius 1 is 1.04 bits per heavy atom. The van der Waals surface area contributed by atoms with Crippen LogP contribution in [0.3, 0.4) is 0 Å². The first-order valence-electron chi connectivity index (χ1n) is 8.27. The van der Waals surface area contributed by atoms with E-state index in [1.807, 2.05) is 49.5 Å². The van der Waals surface area contributed by atoms with Gasteiger partial charge in [-0.3, -0.25) is 0 Å². The van der Waals surface area contributed by atoms with Crippen molar-refractivity contribution in [1.82, 2.24) is 20.0 Å². The highest BCUT2D eigenvalue weighted by molar-refractivity contribution is 5.45. The summed E-state index contributed by atoms with van der Waals surface area (Å²) in [6.07, 6.45) is 2.77. The van der Waals surface area contributed by atoms with E-state index in [9.17, 15) is 0 Å². The van der Waals surface area contributed by atoms with Crippen LogP contribution in [0.25, 0.3) is 5.82 Å². The number of aromatic nitrogens is 4. The van der Waals surface area contributed by atoms with Crippen LogP contribution in [0.5, 0.6) is 11.5 Å². The Hall–Kier alpha value is -3.09. The van der Waals surface area contributed by atoms with Gasteiger partial charge in [0.15, 0.2) is 17.3 Å². The molecule has 1 N–H and O–H groups in total. The van der Waals surface area contributed by atoms with Gasteiger partial charge in [-0.2, -0.15) is 5.10 Å². The first kappa shape index (κ1) is 15.4. The van der Waals surface area contributed by atoms with Gasteiger partial charge in [-0.15, -0.1) is 10.2 Å². The molecule has 3 aromatic rings. The number of nitrogens with one attached hydrogen (secondary N) is 1. The van der Waals surface area contributed by atoms with E-state index < -0.39 is 0 Å². The van der Waals surface area contributed by atoms with Crippen molar-refractivity contribution >= 4 is 5.82 Å². The van der Waals surface area contributed by atoms with E-state index in [2.05, 4.69) is 20.6 Å². The van der Waals surface area contributed by atoms with Crippen molar-refractivity contribution in [2.45, 2.75) is 19.9 Å². The van der Waals surface area contributed by atoms with E-state index in [-0.39, 0.29) is 0 Å². The van der Waals surface area contributed by atoms with Gasteiger partial charge in [0.25, 0.3) is 0 Å². The van der Waals surface area contributed by atoms with Crippen LogP contribution >= 0.6 is 0 Å². The third kappa shape index (κ3) is 3.55. The molecule has 7 heteroatoms. The minimum atomic E-state index is 0.631. The van der Waals surface area contributed by atoms with Gasteiger partial charge in [-0.1, -0.05) is 6.07 Å². The van der Waals surface area contributed by atoms with Crippen molar-refractivity contribution in [3.63, 3.8) is 0 Å². The molecule has 1 aliphatic heterocycles. The highest BCUT2D eigenvalue weighted by Crippen LogP contribution is 2.30. The fourth-order valence-corrected chi connectivity index (χ4v) is 2.59. The van der Waals surface area contributed by atoms with Crippen LogP contribution in [-0.2, 0) is 6.54 Å². The van der Waals surface area contributed by atoms with E-state index in [0.29, 0.717) is 31.4 Å². The van der Waals surface area contributed by atoms with Gasteiger partial charge in [0.05, 0.1) is 18.9 Å². The standard InChI is InChI=1S/C18H19N5O2/c1-13-7-8-23(22-13)18-6-5-17(20-21-18)19-12-14-3-4-15-16(11-14)25-10-2-9-24-15/h3-8,11H,2,9-10,12H2,1H3,(H,19,20). The summed E-state index contributed by atoms with van der Waals surface area (Å²) >= 11 is 0. The fourth-order valence-electron chi connectivity index (χ4n) is 2.59. The SMILES string of the molecule is Cc1ccn(-c2ccc(NCc3ccc4c(c3)OCCCO4)nn2)n1.